The van der Waals surface area contributed by atoms with Crippen molar-refractivity contribution in [2.75, 3.05) is 24.6 Å². The lowest BCUT2D eigenvalue weighted by atomic mass is 10.0. The van der Waals surface area contributed by atoms with Gasteiger partial charge < -0.3 is 21.1 Å². The summed E-state index contributed by atoms with van der Waals surface area (Å²) in [7, 11) is 0. The van der Waals surface area contributed by atoms with Gasteiger partial charge in [-0.3, -0.25) is 19.3 Å². The Morgan fingerprint density at radius 1 is 1.37 bits per heavy atom. The van der Waals surface area contributed by atoms with Gasteiger partial charge in [0.15, 0.2) is 5.13 Å². The van der Waals surface area contributed by atoms with E-state index in [0.717, 1.165) is 35.6 Å². The molecule has 2 saturated heterocycles. The van der Waals surface area contributed by atoms with E-state index in [0.29, 0.717) is 30.0 Å². The second-order valence-corrected chi connectivity index (χ2v) is 10.8. The summed E-state index contributed by atoms with van der Waals surface area (Å²) in [5.41, 5.74) is 6.37. The van der Waals surface area contributed by atoms with Crippen LogP contribution in [0.3, 0.4) is 0 Å². The maximum Gasteiger partial charge on any atom is 0.352 e. The number of aliphatic carboxylic acids is 1. The number of allylic oxidation sites excluding steroid dienone is 1. The first kappa shape index (κ1) is 23.5. The molecule has 0 radical (unpaired) electrons. The van der Waals surface area contributed by atoms with E-state index in [-0.39, 0.29) is 28.2 Å². The molecule has 1 aromatic heterocycles. The number of thioether (sulfide) groups is 1. The number of rotatable bonds is 8. The first-order valence-corrected chi connectivity index (χ1v) is 13.0. The van der Waals surface area contributed by atoms with Gasteiger partial charge >= 0.3 is 5.97 Å². The number of carboxylic acid groups (broad SMARTS) is 1. The number of thiazole rings is 1. The average Bonchev–Trinajstić information content (AvgIpc) is 3.46. The number of nitrogens with two attached hydrogens (primary N) is 1. The van der Waals surface area contributed by atoms with Crippen molar-refractivity contribution < 1.29 is 24.3 Å². The number of fused-ring (bicyclic) bond motifs is 1. The van der Waals surface area contributed by atoms with E-state index in [1.54, 1.807) is 11.0 Å². The molecule has 0 bridgehead atoms. The molecule has 3 aliphatic heterocycles. The number of carboxylic acids is 1. The number of carbonyl (C=O) groups is 4. The number of nitroso groups, excluding NO2 is 1. The molecule has 12 nitrogen and oxygen atoms in total. The Morgan fingerprint density at radius 3 is 2.77 bits per heavy atom. The lowest BCUT2D eigenvalue weighted by Gasteiger charge is -2.49. The van der Waals surface area contributed by atoms with E-state index in [4.69, 9.17) is 5.73 Å². The predicted molar refractivity (Wildman–Crippen MR) is 127 cm³/mol. The summed E-state index contributed by atoms with van der Waals surface area (Å²) >= 11 is 2.33. The monoisotopic (exact) mass is 518 g/mol. The Bertz CT molecular complexity index is 1190. The lowest BCUT2D eigenvalue weighted by Crippen LogP contribution is -2.70. The van der Waals surface area contributed by atoms with Crippen LogP contribution in [0, 0.1) is 10.8 Å². The van der Waals surface area contributed by atoms with E-state index in [9.17, 15) is 29.2 Å². The molecule has 4 N–H and O–H groups in total. The van der Waals surface area contributed by atoms with Gasteiger partial charge in [0.2, 0.25) is 11.9 Å². The Kier molecular flexibility index (Phi) is 6.09. The van der Waals surface area contributed by atoms with E-state index < -0.39 is 35.2 Å². The summed E-state index contributed by atoms with van der Waals surface area (Å²) in [6.45, 7) is 1.34. The first-order valence-electron chi connectivity index (χ1n) is 11.0. The standard InChI is InChI=1S/C21H22N6O6S2/c22-21-23-12(8-35-21)13(25-33)16(28)24-14-18(30)27-15(20(31)32)11(7-34-19(14)27)5-10-3-4-26(17(10)29)6-9-1-2-9/h5,8-9,13-14,19H,1-4,6-7H2,(H2,22,23)(H,24,28)(H,31,32)/t13?,14-,19?/m1/s1. The molecule has 3 atom stereocenters. The highest BCUT2D eigenvalue weighted by molar-refractivity contribution is 8.00. The fraction of sp³-hybridized carbons (Fsp3) is 0.476. The molecule has 0 aromatic carbocycles. The van der Waals surface area contributed by atoms with Gasteiger partial charge in [-0.2, -0.15) is 0 Å². The minimum atomic E-state index is -1.47. The molecule has 1 aromatic rings. The van der Waals surface area contributed by atoms with Gasteiger partial charge in [-0.05, 0) is 42.0 Å². The molecule has 1 saturated carbocycles. The van der Waals surface area contributed by atoms with Crippen LogP contribution in [0.4, 0.5) is 5.13 Å². The van der Waals surface area contributed by atoms with Gasteiger partial charge in [0.25, 0.3) is 11.8 Å². The molecular formula is C21H22N6O6S2. The van der Waals surface area contributed by atoms with Crippen molar-refractivity contribution in [3.63, 3.8) is 0 Å². The zero-order valence-corrected chi connectivity index (χ0v) is 20.0. The van der Waals surface area contributed by atoms with E-state index >= 15 is 0 Å². The Morgan fingerprint density at radius 2 is 2.14 bits per heavy atom. The van der Waals surface area contributed by atoms with Gasteiger partial charge in [-0.15, -0.1) is 28.0 Å². The maximum absolute atomic E-state index is 12.9. The van der Waals surface area contributed by atoms with Crippen LogP contribution in [0.2, 0.25) is 0 Å². The first-order chi connectivity index (χ1) is 16.8. The molecule has 3 fully saturated rings. The number of hydrogen-bond donors (Lipinski definition) is 3. The third-order valence-corrected chi connectivity index (χ3v) is 8.40. The third kappa shape index (κ3) is 4.31. The van der Waals surface area contributed by atoms with Crippen molar-refractivity contribution >= 4 is 51.9 Å². The number of nitrogens with zero attached hydrogens (tertiary/aromatic N) is 4. The van der Waals surface area contributed by atoms with Crippen LogP contribution in [0.25, 0.3) is 0 Å². The fourth-order valence-electron chi connectivity index (χ4n) is 4.45. The summed E-state index contributed by atoms with van der Waals surface area (Å²) in [5, 5.41) is 16.1. The minimum Gasteiger partial charge on any atom is -0.477 e. The van der Waals surface area contributed by atoms with Crippen molar-refractivity contribution in [2.24, 2.45) is 11.1 Å². The fourth-order valence-corrected chi connectivity index (χ4v) is 6.33. The number of likely N-dealkylation sites (tertiary alicyclic amines) is 1. The SMILES string of the molecule is Nc1nc(C(N=O)C(=O)N[C@@H]2C(=O)N3C(C(=O)O)=C(C=C4CCN(CC5CC5)C4=O)CSC23)cs1. The molecule has 1 aliphatic carbocycles. The van der Waals surface area contributed by atoms with Crippen molar-refractivity contribution in [1.29, 1.82) is 0 Å². The van der Waals surface area contributed by atoms with Crippen LogP contribution in [-0.2, 0) is 19.2 Å². The van der Waals surface area contributed by atoms with Gasteiger partial charge in [0.1, 0.15) is 17.1 Å². The van der Waals surface area contributed by atoms with E-state index in [1.807, 2.05) is 0 Å². The highest BCUT2D eigenvalue weighted by atomic mass is 32.2. The van der Waals surface area contributed by atoms with E-state index in [1.165, 1.54) is 17.1 Å². The number of anilines is 1. The maximum atomic E-state index is 12.9. The van der Waals surface area contributed by atoms with Crippen molar-refractivity contribution in [3.05, 3.63) is 38.9 Å². The van der Waals surface area contributed by atoms with Crippen LogP contribution in [0.15, 0.2) is 33.5 Å². The van der Waals surface area contributed by atoms with Gasteiger partial charge in [-0.1, -0.05) is 0 Å². The second-order valence-electron chi connectivity index (χ2n) is 8.81. The Hall–Kier alpha value is -3.26. The molecule has 4 heterocycles. The van der Waals surface area contributed by atoms with Crippen molar-refractivity contribution in [2.45, 2.75) is 36.7 Å². The number of β-lactam (4-membered cyclic amide) rings is 1. The number of aromatic nitrogens is 1. The summed E-state index contributed by atoms with van der Waals surface area (Å²) in [6, 6.07) is -2.49. The van der Waals surface area contributed by atoms with Gasteiger partial charge in [-0.25, -0.2) is 9.78 Å². The molecular weight excluding hydrogens is 496 g/mol. The minimum absolute atomic E-state index is 0.0805. The number of nitrogen functional groups attached to an aromatic ring is 1. The Labute approximate surface area is 207 Å². The summed E-state index contributed by atoms with van der Waals surface area (Å²) in [5.74, 6) is -1.99. The number of nitrogens with one attached hydrogen (secondary N) is 1. The number of amides is 3. The largest absolute Gasteiger partial charge is 0.477 e. The molecule has 14 heteroatoms. The van der Waals surface area contributed by atoms with Gasteiger partial charge in [0.05, 0.1) is 5.69 Å². The zero-order chi connectivity index (χ0) is 24.9. The zero-order valence-electron chi connectivity index (χ0n) is 18.4. The van der Waals surface area contributed by atoms with Crippen LogP contribution >= 0.6 is 23.1 Å². The van der Waals surface area contributed by atoms with Crippen LogP contribution in [0.1, 0.15) is 31.0 Å². The van der Waals surface area contributed by atoms with E-state index in [2.05, 4.69) is 15.5 Å². The average molecular weight is 519 g/mol. The number of carbonyl (C=O) groups excluding carboxylic acids is 3. The molecule has 35 heavy (non-hydrogen) atoms. The van der Waals surface area contributed by atoms with Gasteiger partial charge in [0, 0.05) is 29.8 Å². The molecule has 4 aliphatic rings. The highest BCUT2D eigenvalue weighted by Crippen LogP contribution is 2.42. The quantitative estimate of drug-likeness (QED) is 0.256. The summed E-state index contributed by atoms with van der Waals surface area (Å²) in [4.78, 5) is 68.4. The molecule has 0 spiro atoms. The van der Waals surface area contributed by atoms with Crippen molar-refractivity contribution in [3.8, 4) is 0 Å². The topological polar surface area (TPSA) is 175 Å². The molecule has 5 rings (SSSR count). The normalized spacial score (nSPS) is 26.0. The molecule has 3 amide bonds. The van der Waals surface area contributed by atoms with Crippen LogP contribution in [-0.4, -0.2) is 73.8 Å². The smallest absolute Gasteiger partial charge is 0.352 e. The lowest BCUT2D eigenvalue weighted by molar-refractivity contribution is -0.150. The second kappa shape index (κ2) is 9.07. The van der Waals surface area contributed by atoms with Crippen LogP contribution < -0.4 is 11.1 Å². The summed E-state index contributed by atoms with van der Waals surface area (Å²) in [6.07, 6.45) is 4.39. The molecule has 2 unspecified atom stereocenters. The highest BCUT2D eigenvalue weighted by Gasteiger charge is 2.54. The number of hydrogen-bond acceptors (Lipinski definition) is 10. The third-order valence-electron chi connectivity index (χ3n) is 6.41. The predicted octanol–water partition coefficient (Wildman–Crippen LogP) is 0.840. The van der Waals surface area contributed by atoms with Crippen molar-refractivity contribution in [1.82, 2.24) is 20.1 Å². The summed E-state index contributed by atoms with van der Waals surface area (Å²) < 4.78 is 0. The van der Waals surface area contributed by atoms with Crippen LogP contribution in [0.5, 0.6) is 0 Å². The Balaban J connectivity index is 1.32. The molecule has 184 valence electrons.